The van der Waals surface area contributed by atoms with E-state index in [4.69, 9.17) is 9.47 Å². The van der Waals surface area contributed by atoms with E-state index in [9.17, 15) is 18.4 Å². The molecule has 0 bridgehead atoms. The van der Waals surface area contributed by atoms with Gasteiger partial charge >= 0.3 is 12.6 Å². The van der Waals surface area contributed by atoms with Crippen LogP contribution >= 0.6 is 11.3 Å². The molecule has 2 aromatic heterocycles. The zero-order chi connectivity index (χ0) is 23.3. The fourth-order valence-corrected chi connectivity index (χ4v) is 3.77. The number of aromatic amines is 1. The SMILES string of the molecule is COCCOC(=O)c1c(C)[nH]c(C(=O)Nc2nc(-c3ccccc3OC(F)F)cs2)c1C. The molecule has 0 aliphatic carbocycles. The summed E-state index contributed by atoms with van der Waals surface area (Å²) < 4.78 is 39.9. The molecule has 1 amide bonds. The fraction of sp³-hybridized carbons (Fsp3) is 0.286. The number of carbonyl (C=O) groups excluding carboxylic acids is 2. The molecule has 0 saturated heterocycles. The van der Waals surface area contributed by atoms with Gasteiger partial charge < -0.3 is 19.2 Å². The van der Waals surface area contributed by atoms with E-state index in [1.165, 1.54) is 13.2 Å². The summed E-state index contributed by atoms with van der Waals surface area (Å²) in [4.78, 5) is 32.3. The second-order valence-corrected chi connectivity index (χ2v) is 7.48. The number of aromatic nitrogens is 2. The summed E-state index contributed by atoms with van der Waals surface area (Å²) in [6.07, 6.45) is 0. The summed E-state index contributed by atoms with van der Waals surface area (Å²) in [6.45, 7) is 0.691. The van der Waals surface area contributed by atoms with Crippen molar-refractivity contribution in [1.29, 1.82) is 0 Å². The number of anilines is 1. The number of halogens is 2. The summed E-state index contributed by atoms with van der Waals surface area (Å²) in [5, 5.41) is 4.53. The maximum Gasteiger partial charge on any atom is 0.387 e. The molecule has 170 valence electrons. The number of rotatable bonds is 9. The summed E-state index contributed by atoms with van der Waals surface area (Å²) in [5.74, 6) is -1.07. The number of nitrogens with one attached hydrogen (secondary N) is 2. The molecule has 3 aromatic rings. The van der Waals surface area contributed by atoms with Crippen LogP contribution in [0.2, 0.25) is 0 Å². The quantitative estimate of drug-likeness (QED) is 0.358. The lowest BCUT2D eigenvalue weighted by molar-refractivity contribution is -0.0494. The highest BCUT2D eigenvalue weighted by atomic mass is 32.1. The molecule has 0 saturated carbocycles. The number of hydrogen-bond acceptors (Lipinski definition) is 7. The first-order valence-electron chi connectivity index (χ1n) is 9.48. The maximum absolute atomic E-state index is 12.8. The minimum atomic E-state index is -2.97. The molecule has 0 atom stereocenters. The van der Waals surface area contributed by atoms with Crippen LogP contribution in [0.25, 0.3) is 11.3 Å². The van der Waals surface area contributed by atoms with Crippen LogP contribution in [0.1, 0.15) is 32.1 Å². The van der Waals surface area contributed by atoms with Gasteiger partial charge in [0.15, 0.2) is 5.13 Å². The first-order chi connectivity index (χ1) is 15.3. The maximum atomic E-state index is 12.8. The zero-order valence-electron chi connectivity index (χ0n) is 17.5. The van der Waals surface area contributed by atoms with Crippen molar-refractivity contribution in [2.24, 2.45) is 0 Å². The molecule has 0 fully saturated rings. The molecule has 3 rings (SSSR count). The molecule has 0 aliphatic heterocycles. The van der Waals surface area contributed by atoms with Crippen molar-refractivity contribution < 1.29 is 32.6 Å². The van der Waals surface area contributed by atoms with Crippen molar-refractivity contribution >= 4 is 28.3 Å². The van der Waals surface area contributed by atoms with Gasteiger partial charge in [-0.1, -0.05) is 12.1 Å². The molecule has 0 spiro atoms. The highest BCUT2D eigenvalue weighted by Gasteiger charge is 2.24. The average Bonchev–Trinajstić information content (AvgIpc) is 3.32. The van der Waals surface area contributed by atoms with Crippen LogP contribution < -0.4 is 10.1 Å². The average molecular weight is 465 g/mol. The number of H-pyrrole nitrogens is 1. The summed E-state index contributed by atoms with van der Waals surface area (Å²) >= 11 is 1.13. The summed E-state index contributed by atoms with van der Waals surface area (Å²) in [6, 6.07) is 6.25. The predicted molar refractivity (Wildman–Crippen MR) is 115 cm³/mol. The normalized spacial score (nSPS) is 10.9. The largest absolute Gasteiger partial charge is 0.460 e. The molecular formula is C21H21F2N3O5S. The van der Waals surface area contributed by atoms with Crippen LogP contribution in [0.15, 0.2) is 29.6 Å². The number of hydrogen-bond donors (Lipinski definition) is 2. The molecule has 32 heavy (non-hydrogen) atoms. The Balaban J connectivity index is 1.77. The highest BCUT2D eigenvalue weighted by Crippen LogP contribution is 2.33. The Kier molecular flexibility index (Phi) is 7.54. The molecule has 2 heterocycles. The summed E-state index contributed by atoms with van der Waals surface area (Å²) in [5.41, 5.74) is 2.16. The smallest absolute Gasteiger partial charge is 0.387 e. The number of ether oxygens (including phenoxy) is 3. The van der Waals surface area contributed by atoms with Crippen LogP contribution in [0.4, 0.5) is 13.9 Å². The monoisotopic (exact) mass is 465 g/mol. The first-order valence-corrected chi connectivity index (χ1v) is 10.4. The minimum absolute atomic E-state index is 0.0156. The van der Waals surface area contributed by atoms with Crippen LogP contribution in [-0.4, -0.2) is 48.8 Å². The highest BCUT2D eigenvalue weighted by molar-refractivity contribution is 7.14. The van der Waals surface area contributed by atoms with E-state index < -0.39 is 18.5 Å². The van der Waals surface area contributed by atoms with Gasteiger partial charge in [0.25, 0.3) is 5.91 Å². The number of aryl methyl sites for hydroxylation is 1. The van der Waals surface area contributed by atoms with Crippen molar-refractivity contribution in [1.82, 2.24) is 9.97 Å². The van der Waals surface area contributed by atoms with Gasteiger partial charge in [-0.2, -0.15) is 8.78 Å². The lowest BCUT2D eigenvalue weighted by Gasteiger charge is -2.08. The second kappa shape index (κ2) is 10.3. The predicted octanol–water partition coefficient (Wildman–Crippen LogP) is 4.41. The lowest BCUT2D eigenvalue weighted by atomic mass is 10.1. The van der Waals surface area contributed by atoms with Crippen LogP contribution in [-0.2, 0) is 9.47 Å². The van der Waals surface area contributed by atoms with Gasteiger partial charge in [0.1, 0.15) is 18.1 Å². The molecule has 0 radical (unpaired) electrons. The number of nitrogens with zero attached hydrogens (tertiary/aromatic N) is 1. The van der Waals surface area contributed by atoms with Gasteiger partial charge in [0.2, 0.25) is 0 Å². The Morgan fingerprint density at radius 2 is 1.97 bits per heavy atom. The molecular weight excluding hydrogens is 444 g/mol. The van der Waals surface area contributed by atoms with Crippen molar-refractivity contribution in [3.8, 4) is 17.0 Å². The first kappa shape index (κ1) is 23.4. The number of alkyl halides is 2. The number of carbonyl (C=O) groups is 2. The number of amides is 1. The third-order valence-electron chi connectivity index (χ3n) is 4.49. The molecule has 0 aliphatic rings. The van der Waals surface area contributed by atoms with Crippen LogP contribution in [0.3, 0.4) is 0 Å². The topological polar surface area (TPSA) is 103 Å². The van der Waals surface area contributed by atoms with Gasteiger partial charge in [-0.05, 0) is 31.5 Å². The van der Waals surface area contributed by atoms with E-state index in [-0.39, 0.29) is 35.4 Å². The number of benzene rings is 1. The third kappa shape index (κ3) is 5.29. The molecule has 0 unspecified atom stereocenters. The van der Waals surface area contributed by atoms with Gasteiger partial charge in [-0.3, -0.25) is 10.1 Å². The second-order valence-electron chi connectivity index (χ2n) is 6.62. The van der Waals surface area contributed by atoms with Crippen molar-refractivity contribution in [2.45, 2.75) is 20.5 Å². The number of thiazole rings is 1. The van der Waals surface area contributed by atoms with E-state index in [0.29, 0.717) is 22.5 Å². The van der Waals surface area contributed by atoms with E-state index in [1.807, 2.05) is 0 Å². The number of methoxy groups -OCH3 is 1. The lowest BCUT2D eigenvalue weighted by Crippen LogP contribution is -2.14. The third-order valence-corrected chi connectivity index (χ3v) is 5.25. The Hall–Kier alpha value is -3.31. The molecule has 1 aromatic carbocycles. The van der Waals surface area contributed by atoms with Gasteiger partial charge in [-0.15, -0.1) is 11.3 Å². The van der Waals surface area contributed by atoms with Gasteiger partial charge in [-0.25, -0.2) is 9.78 Å². The van der Waals surface area contributed by atoms with E-state index in [0.717, 1.165) is 11.3 Å². The van der Waals surface area contributed by atoms with Crippen molar-refractivity contribution in [3.05, 3.63) is 52.2 Å². The van der Waals surface area contributed by atoms with Gasteiger partial charge in [0, 0.05) is 23.7 Å². The van der Waals surface area contributed by atoms with E-state index in [1.54, 1.807) is 37.4 Å². The van der Waals surface area contributed by atoms with Crippen LogP contribution in [0.5, 0.6) is 5.75 Å². The van der Waals surface area contributed by atoms with Crippen molar-refractivity contribution in [2.75, 3.05) is 25.6 Å². The molecule has 8 nitrogen and oxygen atoms in total. The standard InChI is InChI=1S/C21H21F2N3O5S/c1-11-16(19(28)30-9-8-29-3)12(2)24-17(11)18(27)26-21-25-14(10-32-21)13-6-4-5-7-15(13)31-20(22)23/h4-7,10,20,24H,8-9H2,1-3H3,(H,25,26,27). The Morgan fingerprint density at radius 3 is 2.69 bits per heavy atom. The zero-order valence-corrected chi connectivity index (χ0v) is 18.3. The van der Waals surface area contributed by atoms with Gasteiger partial charge in [0.05, 0.1) is 17.9 Å². The Labute approximate surface area is 186 Å². The Bertz CT molecular complexity index is 1110. The molecule has 11 heteroatoms. The molecule has 2 N–H and O–H groups in total. The summed E-state index contributed by atoms with van der Waals surface area (Å²) in [7, 11) is 1.50. The Morgan fingerprint density at radius 1 is 1.22 bits per heavy atom. The fourth-order valence-electron chi connectivity index (χ4n) is 3.06. The number of para-hydroxylation sites is 1. The minimum Gasteiger partial charge on any atom is -0.460 e. The van der Waals surface area contributed by atoms with Crippen molar-refractivity contribution in [3.63, 3.8) is 0 Å². The van der Waals surface area contributed by atoms with E-state index >= 15 is 0 Å². The number of esters is 1. The van der Waals surface area contributed by atoms with E-state index in [2.05, 4.69) is 20.0 Å². The van der Waals surface area contributed by atoms with Crippen LogP contribution in [0, 0.1) is 13.8 Å².